The lowest BCUT2D eigenvalue weighted by Crippen LogP contribution is -2.67. The maximum absolute atomic E-state index is 5.91. The molecular formula is C16H31NO. The number of rotatable bonds is 8. The molecule has 1 spiro atoms. The summed E-state index contributed by atoms with van der Waals surface area (Å²) in [7, 11) is 0. The average molecular weight is 253 g/mol. The summed E-state index contributed by atoms with van der Waals surface area (Å²) in [5, 5.41) is 3.88. The van der Waals surface area contributed by atoms with Crippen molar-refractivity contribution in [3.05, 3.63) is 0 Å². The van der Waals surface area contributed by atoms with Gasteiger partial charge in [0, 0.05) is 24.1 Å². The fourth-order valence-electron chi connectivity index (χ4n) is 3.80. The Labute approximate surface area is 113 Å². The molecule has 0 aromatic heterocycles. The smallest absolute Gasteiger partial charge is 0.0661 e. The van der Waals surface area contributed by atoms with Gasteiger partial charge in [-0.2, -0.15) is 0 Å². The molecule has 0 bridgehead atoms. The monoisotopic (exact) mass is 253 g/mol. The van der Waals surface area contributed by atoms with Gasteiger partial charge in [-0.15, -0.1) is 0 Å². The molecule has 2 aliphatic rings. The summed E-state index contributed by atoms with van der Waals surface area (Å²) in [5.74, 6) is 0. The molecule has 0 aromatic carbocycles. The predicted octanol–water partition coefficient (Wildman–Crippen LogP) is 3.89. The van der Waals surface area contributed by atoms with Crippen molar-refractivity contribution in [2.24, 2.45) is 5.41 Å². The van der Waals surface area contributed by atoms with Gasteiger partial charge in [-0.3, -0.25) is 0 Å². The van der Waals surface area contributed by atoms with Crippen molar-refractivity contribution in [1.29, 1.82) is 0 Å². The molecule has 0 aliphatic heterocycles. The third-order valence-electron chi connectivity index (χ3n) is 5.16. The lowest BCUT2D eigenvalue weighted by Gasteiger charge is -2.61. The Kier molecular flexibility index (Phi) is 5.08. The number of hydrogen-bond acceptors (Lipinski definition) is 2. The molecule has 18 heavy (non-hydrogen) atoms. The molecule has 0 heterocycles. The molecular weight excluding hydrogens is 222 g/mol. The van der Waals surface area contributed by atoms with Gasteiger partial charge in [0.25, 0.3) is 0 Å². The average Bonchev–Trinajstić information content (AvgIpc) is 2.25. The van der Waals surface area contributed by atoms with Crippen LogP contribution in [0.15, 0.2) is 0 Å². The zero-order valence-corrected chi connectivity index (χ0v) is 12.5. The van der Waals surface area contributed by atoms with E-state index in [4.69, 9.17) is 4.74 Å². The minimum absolute atomic E-state index is 0.523. The van der Waals surface area contributed by atoms with Gasteiger partial charge in [0.1, 0.15) is 0 Å². The van der Waals surface area contributed by atoms with Crippen LogP contribution in [0, 0.1) is 5.41 Å². The van der Waals surface area contributed by atoms with Gasteiger partial charge in [-0.25, -0.2) is 0 Å². The van der Waals surface area contributed by atoms with E-state index in [-0.39, 0.29) is 0 Å². The van der Waals surface area contributed by atoms with E-state index in [1.54, 1.807) is 0 Å². The summed E-state index contributed by atoms with van der Waals surface area (Å²) in [4.78, 5) is 0. The Morgan fingerprint density at radius 2 is 2.06 bits per heavy atom. The van der Waals surface area contributed by atoms with Crippen LogP contribution < -0.4 is 5.32 Å². The number of hydrogen-bond donors (Lipinski definition) is 1. The molecule has 0 saturated heterocycles. The summed E-state index contributed by atoms with van der Waals surface area (Å²) in [6.45, 7) is 7.64. The van der Waals surface area contributed by atoms with Crippen LogP contribution in [0.4, 0.5) is 0 Å². The summed E-state index contributed by atoms with van der Waals surface area (Å²) in [6, 6.07) is 1.42. The van der Waals surface area contributed by atoms with Crippen LogP contribution in [0.2, 0.25) is 0 Å². The normalized spacial score (nSPS) is 30.8. The molecule has 106 valence electrons. The summed E-state index contributed by atoms with van der Waals surface area (Å²) in [6.07, 6.45) is 11.4. The van der Waals surface area contributed by atoms with E-state index in [0.29, 0.717) is 17.6 Å². The summed E-state index contributed by atoms with van der Waals surface area (Å²) in [5.41, 5.74) is 0.523. The van der Waals surface area contributed by atoms with Gasteiger partial charge in [-0.1, -0.05) is 32.6 Å². The van der Waals surface area contributed by atoms with E-state index >= 15 is 0 Å². The first-order valence-electron chi connectivity index (χ1n) is 8.10. The van der Waals surface area contributed by atoms with Crippen LogP contribution in [-0.4, -0.2) is 24.8 Å². The van der Waals surface area contributed by atoms with E-state index < -0.39 is 0 Å². The van der Waals surface area contributed by atoms with Gasteiger partial charge in [0.05, 0.1) is 6.10 Å². The SMILES string of the molecule is CCCCCC(C)NC1CC(OCC)C12CCC2. The van der Waals surface area contributed by atoms with E-state index in [2.05, 4.69) is 26.1 Å². The molecule has 0 amide bonds. The van der Waals surface area contributed by atoms with Crippen LogP contribution in [-0.2, 0) is 4.74 Å². The van der Waals surface area contributed by atoms with E-state index in [0.717, 1.165) is 12.6 Å². The lowest BCUT2D eigenvalue weighted by molar-refractivity contribution is -0.174. The highest BCUT2D eigenvalue weighted by molar-refractivity contribution is 5.12. The van der Waals surface area contributed by atoms with E-state index in [1.807, 2.05) is 0 Å². The van der Waals surface area contributed by atoms with Crippen molar-refractivity contribution in [3.63, 3.8) is 0 Å². The Morgan fingerprint density at radius 1 is 1.28 bits per heavy atom. The Bertz CT molecular complexity index is 249. The first kappa shape index (κ1) is 14.3. The van der Waals surface area contributed by atoms with Gasteiger partial charge in [-0.05, 0) is 39.5 Å². The summed E-state index contributed by atoms with van der Waals surface area (Å²) >= 11 is 0. The van der Waals surface area contributed by atoms with Gasteiger partial charge in [0.15, 0.2) is 0 Å². The fraction of sp³-hybridized carbons (Fsp3) is 1.00. The number of unbranched alkanes of at least 4 members (excludes halogenated alkanes) is 2. The summed E-state index contributed by atoms with van der Waals surface area (Å²) < 4.78 is 5.91. The van der Waals surface area contributed by atoms with Crippen molar-refractivity contribution >= 4 is 0 Å². The second-order valence-corrected chi connectivity index (χ2v) is 6.38. The molecule has 2 aliphatic carbocycles. The van der Waals surface area contributed by atoms with Crippen molar-refractivity contribution in [3.8, 4) is 0 Å². The van der Waals surface area contributed by atoms with Crippen molar-refractivity contribution in [2.45, 2.75) is 90.3 Å². The highest BCUT2D eigenvalue weighted by atomic mass is 16.5. The first-order valence-corrected chi connectivity index (χ1v) is 8.10. The molecule has 2 rings (SSSR count). The second-order valence-electron chi connectivity index (χ2n) is 6.38. The third-order valence-corrected chi connectivity index (χ3v) is 5.16. The maximum Gasteiger partial charge on any atom is 0.0661 e. The largest absolute Gasteiger partial charge is 0.378 e. The minimum Gasteiger partial charge on any atom is -0.378 e. The molecule has 3 unspecified atom stereocenters. The molecule has 3 atom stereocenters. The lowest BCUT2D eigenvalue weighted by atomic mass is 9.51. The van der Waals surface area contributed by atoms with Crippen molar-refractivity contribution in [2.75, 3.05) is 6.61 Å². The Balaban J connectivity index is 1.73. The highest BCUT2D eigenvalue weighted by Gasteiger charge is 2.58. The van der Waals surface area contributed by atoms with Crippen molar-refractivity contribution < 1.29 is 4.74 Å². The number of nitrogens with one attached hydrogen (secondary N) is 1. The predicted molar refractivity (Wildman–Crippen MR) is 76.8 cm³/mol. The van der Waals surface area contributed by atoms with Crippen LogP contribution in [0.1, 0.15) is 72.1 Å². The highest BCUT2D eigenvalue weighted by Crippen LogP contribution is 2.57. The van der Waals surface area contributed by atoms with Gasteiger partial charge >= 0.3 is 0 Å². The van der Waals surface area contributed by atoms with E-state index in [9.17, 15) is 0 Å². The second kappa shape index (κ2) is 6.38. The zero-order chi connectivity index (χ0) is 13.0. The van der Waals surface area contributed by atoms with Gasteiger partial charge in [0.2, 0.25) is 0 Å². The first-order chi connectivity index (χ1) is 8.73. The van der Waals surface area contributed by atoms with Gasteiger partial charge < -0.3 is 10.1 Å². The van der Waals surface area contributed by atoms with E-state index in [1.165, 1.54) is 51.4 Å². The third kappa shape index (κ3) is 2.75. The molecule has 2 nitrogen and oxygen atoms in total. The maximum atomic E-state index is 5.91. The Hall–Kier alpha value is -0.0800. The standard InChI is InChI=1S/C16H31NO/c1-4-6-7-9-13(3)17-14-12-15(18-5-2)16(14)10-8-11-16/h13-15,17H,4-12H2,1-3H3. The topological polar surface area (TPSA) is 21.3 Å². The van der Waals surface area contributed by atoms with Crippen LogP contribution >= 0.6 is 0 Å². The fourth-order valence-corrected chi connectivity index (χ4v) is 3.80. The zero-order valence-electron chi connectivity index (χ0n) is 12.5. The quantitative estimate of drug-likeness (QED) is 0.663. The van der Waals surface area contributed by atoms with Crippen molar-refractivity contribution in [1.82, 2.24) is 5.32 Å². The minimum atomic E-state index is 0.523. The molecule has 0 radical (unpaired) electrons. The molecule has 2 fully saturated rings. The molecule has 2 heteroatoms. The van der Waals surface area contributed by atoms with Crippen LogP contribution in [0.3, 0.4) is 0 Å². The molecule has 0 aromatic rings. The number of ether oxygens (including phenoxy) is 1. The van der Waals surface area contributed by atoms with Crippen LogP contribution in [0.5, 0.6) is 0 Å². The molecule has 2 saturated carbocycles. The molecule has 1 N–H and O–H groups in total. The Morgan fingerprint density at radius 3 is 2.61 bits per heavy atom. The van der Waals surface area contributed by atoms with Crippen LogP contribution in [0.25, 0.3) is 0 Å².